The van der Waals surface area contributed by atoms with Crippen LogP contribution in [0.5, 0.6) is 0 Å². The van der Waals surface area contributed by atoms with Crippen LogP contribution in [-0.2, 0) is 0 Å². The zero-order valence-corrected chi connectivity index (χ0v) is 10.8. The first-order valence-electron chi connectivity index (χ1n) is 5.90. The first-order chi connectivity index (χ1) is 7.95. The van der Waals surface area contributed by atoms with E-state index in [0.717, 1.165) is 17.7 Å². The molecule has 17 heavy (non-hydrogen) atoms. The topological polar surface area (TPSA) is 29.3 Å². The molecule has 2 nitrogen and oxygen atoms in total. The molecule has 0 saturated carbocycles. The minimum Gasteiger partial charge on any atom is -0.365 e. The number of benzene rings is 1. The Morgan fingerprint density at radius 2 is 2.18 bits per heavy atom. The molecule has 0 saturated heterocycles. The van der Waals surface area contributed by atoms with Gasteiger partial charge in [-0.1, -0.05) is 18.2 Å². The Morgan fingerprint density at radius 1 is 1.53 bits per heavy atom. The van der Waals surface area contributed by atoms with E-state index in [1.807, 2.05) is 31.7 Å². The van der Waals surface area contributed by atoms with Gasteiger partial charge in [0.1, 0.15) is 5.82 Å². The summed E-state index contributed by atoms with van der Waals surface area (Å²) in [4.78, 5) is 1.96. The van der Waals surface area contributed by atoms with E-state index in [1.165, 1.54) is 6.07 Å². The second-order valence-electron chi connectivity index (χ2n) is 4.47. The van der Waals surface area contributed by atoms with Crippen molar-refractivity contribution < 1.29 is 4.39 Å². The molecule has 0 aliphatic heterocycles. The molecule has 0 amide bonds. The van der Waals surface area contributed by atoms with E-state index in [-0.39, 0.29) is 11.9 Å². The van der Waals surface area contributed by atoms with Gasteiger partial charge in [0.05, 0.1) is 5.69 Å². The Bertz CT molecular complexity index is 399. The predicted molar refractivity (Wildman–Crippen MR) is 71.7 cm³/mol. The lowest BCUT2D eigenvalue weighted by Crippen LogP contribution is -2.25. The van der Waals surface area contributed by atoms with Gasteiger partial charge in [-0.3, -0.25) is 0 Å². The van der Waals surface area contributed by atoms with Gasteiger partial charge in [-0.25, -0.2) is 4.39 Å². The second kappa shape index (κ2) is 5.82. The summed E-state index contributed by atoms with van der Waals surface area (Å²) in [5.74, 6) is -0.220. The van der Waals surface area contributed by atoms with E-state index in [2.05, 4.69) is 6.58 Å². The third-order valence-corrected chi connectivity index (χ3v) is 2.68. The normalized spacial score (nSPS) is 12.3. The van der Waals surface area contributed by atoms with E-state index >= 15 is 0 Å². The molecular formula is C14H21FN2. The number of rotatable bonds is 5. The smallest absolute Gasteiger partial charge is 0.146 e. The molecule has 94 valence electrons. The number of nitrogens with two attached hydrogens (primary N) is 1. The van der Waals surface area contributed by atoms with Crippen LogP contribution in [0.1, 0.15) is 32.4 Å². The lowest BCUT2D eigenvalue weighted by atomic mass is 10.1. The van der Waals surface area contributed by atoms with Gasteiger partial charge in [0.2, 0.25) is 0 Å². The summed E-state index contributed by atoms with van der Waals surface area (Å²) in [5, 5.41) is 0. The van der Waals surface area contributed by atoms with Crippen LogP contribution in [0.2, 0.25) is 0 Å². The Morgan fingerprint density at radius 3 is 2.59 bits per heavy atom. The van der Waals surface area contributed by atoms with E-state index in [1.54, 1.807) is 6.07 Å². The van der Waals surface area contributed by atoms with Gasteiger partial charge < -0.3 is 10.6 Å². The van der Waals surface area contributed by atoms with Gasteiger partial charge in [-0.05, 0) is 38.5 Å². The van der Waals surface area contributed by atoms with Crippen LogP contribution in [0, 0.1) is 5.82 Å². The van der Waals surface area contributed by atoms with Crippen LogP contribution in [0.25, 0.3) is 0 Å². The highest BCUT2D eigenvalue weighted by molar-refractivity contribution is 5.50. The molecule has 1 atom stereocenters. The monoisotopic (exact) mass is 236 g/mol. The molecule has 3 heteroatoms. The third-order valence-electron chi connectivity index (χ3n) is 2.68. The highest BCUT2D eigenvalue weighted by Gasteiger charge is 2.11. The van der Waals surface area contributed by atoms with Gasteiger partial charge in [0.15, 0.2) is 0 Å². The molecule has 0 unspecified atom stereocenters. The SMILES string of the molecule is C=C(C)CN(CC)c1ccc([C@@H](C)N)cc1F. The van der Waals surface area contributed by atoms with E-state index in [9.17, 15) is 4.39 Å². The van der Waals surface area contributed by atoms with Gasteiger partial charge in [0.25, 0.3) is 0 Å². The van der Waals surface area contributed by atoms with Gasteiger partial charge in [0, 0.05) is 19.1 Å². The molecule has 0 spiro atoms. The van der Waals surface area contributed by atoms with Crippen LogP contribution in [0.4, 0.5) is 10.1 Å². The van der Waals surface area contributed by atoms with E-state index in [0.29, 0.717) is 12.2 Å². The van der Waals surface area contributed by atoms with Crippen molar-refractivity contribution in [3.63, 3.8) is 0 Å². The molecule has 0 aromatic heterocycles. The molecule has 2 N–H and O–H groups in total. The number of hydrogen-bond donors (Lipinski definition) is 1. The van der Waals surface area contributed by atoms with Crippen LogP contribution in [0.15, 0.2) is 30.4 Å². The summed E-state index contributed by atoms with van der Waals surface area (Å²) in [6.45, 7) is 11.1. The predicted octanol–water partition coefficient (Wildman–Crippen LogP) is 3.25. The third kappa shape index (κ3) is 3.56. The lowest BCUT2D eigenvalue weighted by molar-refractivity contribution is 0.615. The quantitative estimate of drug-likeness (QED) is 0.795. The number of nitrogens with zero attached hydrogens (tertiary/aromatic N) is 1. The molecular weight excluding hydrogens is 215 g/mol. The standard InChI is InChI=1S/C14H21FN2/c1-5-17(9-10(2)3)14-7-6-12(11(4)16)8-13(14)15/h6-8,11H,2,5,9,16H2,1,3-4H3/t11-/m1/s1. The fraction of sp³-hybridized carbons (Fsp3) is 0.429. The zero-order valence-electron chi connectivity index (χ0n) is 10.8. The maximum atomic E-state index is 14.0. The maximum absolute atomic E-state index is 14.0. The van der Waals surface area contributed by atoms with Crippen molar-refractivity contribution in [3.8, 4) is 0 Å². The highest BCUT2D eigenvalue weighted by atomic mass is 19.1. The molecule has 0 fully saturated rings. The molecule has 0 heterocycles. The van der Waals surface area contributed by atoms with Crippen LogP contribution in [0.3, 0.4) is 0 Å². The maximum Gasteiger partial charge on any atom is 0.146 e. The van der Waals surface area contributed by atoms with Crippen molar-refractivity contribution >= 4 is 5.69 Å². The zero-order chi connectivity index (χ0) is 13.0. The summed E-state index contributed by atoms with van der Waals surface area (Å²) in [6, 6.07) is 5.04. The summed E-state index contributed by atoms with van der Waals surface area (Å²) in [6.07, 6.45) is 0. The van der Waals surface area contributed by atoms with Crippen LogP contribution in [-0.4, -0.2) is 13.1 Å². The molecule has 1 rings (SSSR count). The van der Waals surface area contributed by atoms with Gasteiger partial charge in [-0.2, -0.15) is 0 Å². The Balaban J connectivity index is 3.00. The molecule has 0 bridgehead atoms. The largest absolute Gasteiger partial charge is 0.365 e. The number of halogens is 1. The number of hydrogen-bond acceptors (Lipinski definition) is 2. The average Bonchev–Trinajstić information content (AvgIpc) is 2.25. The lowest BCUT2D eigenvalue weighted by Gasteiger charge is -2.24. The fourth-order valence-electron chi connectivity index (χ4n) is 1.76. The van der Waals surface area contributed by atoms with E-state index in [4.69, 9.17) is 5.73 Å². The minimum atomic E-state index is -0.220. The summed E-state index contributed by atoms with van der Waals surface area (Å²) < 4.78 is 14.0. The number of likely N-dealkylation sites (N-methyl/N-ethyl adjacent to an activating group) is 1. The molecule has 0 aliphatic rings. The molecule has 0 aliphatic carbocycles. The van der Waals surface area contributed by atoms with Crippen molar-refractivity contribution in [1.82, 2.24) is 0 Å². The van der Waals surface area contributed by atoms with Gasteiger partial charge >= 0.3 is 0 Å². The molecule has 1 aromatic rings. The Kier molecular flexibility index (Phi) is 4.70. The van der Waals surface area contributed by atoms with Crippen LogP contribution >= 0.6 is 0 Å². The first kappa shape index (κ1) is 13.7. The highest BCUT2D eigenvalue weighted by Crippen LogP contribution is 2.23. The van der Waals surface area contributed by atoms with Crippen LogP contribution < -0.4 is 10.6 Å². The Hall–Kier alpha value is -1.35. The van der Waals surface area contributed by atoms with Crippen molar-refractivity contribution in [2.75, 3.05) is 18.0 Å². The molecule has 0 radical (unpaired) electrons. The molecule has 1 aromatic carbocycles. The second-order valence-corrected chi connectivity index (χ2v) is 4.47. The van der Waals surface area contributed by atoms with Crippen molar-refractivity contribution in [2.24, 2.45) is 5.73 Å². The van der Waals surface area contributed by atoms with Gasteiger partial charge in [-0.15, -0.1) is 0 Å². The van der Waals surface area contributed by atoms with Crippen molar-refractivity contribution in [1.29, 1.82) is 0 Å². The summed E-state index contributed by atoms with van der Waals surface area (Å²) >= 11 is 0. The van der Waals surface area contributed by atoms with Crippen molar-refractivity contribution in [2.45, 2.75) is 26.8 Å². The first-order valence-corrected chi connectivity index (χ1v) is 5.90. The Labute approximate surface area is 103 Å². The number of anilines is 1. The fourth-order valence-corrected chi connectivity index (χ4v) is 1.76. The van der Waals surface area contributed by atoms with Crippen molar-refractivity contribution in [3.05, 3.63) is 41.7 Å². The minimum absolute atomic E-state index is 0.144. The average molecular weight is 236 g/mol. The summed E-state index contributed by atoms with van der Waals surface area (Å²) in [5.41, 5.74) is 8.17. The summed E-state index contributed by atoms with van der Waals surface area (Å²) in [7, 11) is 0. The van der Waals surface area contributed by atoms with E-state index < -0.39 is 0 Å².